The van der Waals surface area contributed by atoms with Crippen LogP contribution in [0, 0.1) is 0 Å². The number of hydrogen-bond donors (Lipinski definition) is 0. The van der Waals surface area contributed by atoms with Crippen LogP contribution in [0.3, 0.4) is 0 Å². The summed E-state index contributed by atoms with van der Waals surface area (Å²) in [4.78, 5) is 0. The predicted molar refractivity (Wildman–Crippen MR) is 189 cm³/mol. The molecule has 5 rings (SSSR count). The van der Waals surface area contributed by atoms with Crippen molar-refractivity contribution in [1.29, 1.82) is 0 Å². The summed E-state index contributed by atoms with van der Waals surface area (Å²) in [6, 6.07) is 42.7. The van der Waals surface area contributed by atoms with E-state index < -0.39 is 15.8 Å². The van der Waals surface area contributed by atoms with Gasteiger partial charge in [0.2, 0.25) is 0 Å². The Hall–Kier alpha value is -3.84. The Balaban J connectivity index is 1.85. The third-order valence-corrected chi connectivity index (χ3v) is 12.3. The molecule has 0 amide bonds. The lowest BCUT2D eigenvalue weighted by Gasteiger charge is -2.30. The van der Waals surface area contributed by atoms with Gasteiger partial charge in [-0.15, -0.1) is 0 Å². The maximum Gasteiger partial charge on any atom is 0.127 e. The Morgan fingerprint density at radius 1 is 0.318 bits per heavy atom. The molecule has 0 fully saturated rings. The molecule has 0 bridgehead atoms. The van der Waals surface area contributed by atoms with Crippen molar-refractivity contribution < 1.29 is 18.9 Å². The molecular weight excluding hydrogens is 582 g/mol. The van der Waals surface area contributed by atoms with Crippen LogP contribution in [0.4, 0.5) is 0 Å². The zero-order chi connectivity index (χ0) is 30.7. The highest BCUT2D eigenvalue weighted by Gasteiger charge is 2.31. The Bertz CT molecular complexity index is 1430. The van der Waals surface area contributed by atoms with Crippen LogP contribution in [0.2, 0.25) is 0 Å². The first-order valence-electron chi connectivity index (χ1n) is 15.3. The molecule has 0 aromatic heterocycles. The van der Waals surface area contributed by atoms with Crippen LogP contribution in [0.15, 0.2) is 121 Å². The number of ether oxygens (including phenoxy) is 4. The summed E-state index contributed by atoms with van der Waals surface area (Å²) in [6.45, 7) is 10.5. The number of hydrogen-bond acceptors (Lipinski definition) is 4. The van der Waals surface area contributed by atoms with E-state index in [2.05, 4.69) is 97.1 Å². The fourth-order valence-corrected chi connectivity index (χ4v) is 10.9. The molecule has 0 radical (unpaired) electrons. The Morgan fingerprint density at radius 3 is 0.750 bits per heavy atom. The van der Waals surface area contributed by atoms with Gasteiger partial charge in [-0.25, -0.2) is 0 Å². The van der Waals surface area contributed by atoms with Crippen LogP contribution in [0.5, 0.6) is 23.0 Å². The first kappa shape index (κ1) is 31.6. The van der Waals surface area contributed by atoms with Gasteiger partial charge in [-0.05, 0) is 78.4 Å². The Labute approximate surface area is 264 Å². The van der Waals surface area contributed by atoms with E-state index in [9.17, 15) is 0 Å². The minimum Gasteiger partial charge on any atom is -0.493 e. The lowest BCUT2D eigenvalue weighted by atomic mass is 10.3. The van der Waals surface area contributed by atoms with E-state index >= 15 is 0 Å². The SMILES string of the molecule is CCOc1ccccc1P(c1ccccc1OCC)c1ccccc1P(c1ccccc1OCC)c1ccccc1OCC. The van der Waals surface area contributed by atoms with E-state index in [0.29, 0.717) is 26.4 Å². The van der Waals surface area contributed by atoms with Gasteiger partial charge in [0.05, 0.1) is 26.4 Å². The van der Waals surface area contributed by atoms with Crippen molar-refractivity contribution in [3.05, 3.63) is 121 Å². The lowest BCUT2D eigenvalue weighted by molar-refractivity contribution is 0.342. The van der Waals surface area contributed by atoms with Crippen molar-refractivity contribution in [2.24, 2.45) is 0 Å². The van der Waals surface area contributed by atoms with Crippen LogP contribution in [0.1, 0.15) is 27.7 Å². The summed E-state index contributed by atoms with van der Waals surface area (Å²) in [5.74, 6) is 3.60. The highest BCUT2D eigenvalue weighted by molar-refractivity contribution is 7.85. The van der Waals surface area contributed by atoms with E-state index in [-0.39, 0.29) is 0 Å². The highest BCUT2D eigenvalue weighted by Crippen LogP contribution is 2.45. The summed E-state index contributed by atoms with van der Waals surface area (Å²) >= 11 is 0. The standard InChI is InChI=1S/C38H40O4P2/c1-5-39-29-19-9-13-23-33(29)43(34-24-14-10-20-30(34)40-6-2)37-27-17-18-28-38(37)44(35-25-15-11-21-31(35)41-7-3)36-26-16-12-22-32(36)42-8-4/h9-28H,5-8H2,1-4H3. The second-order valence-corrected chi connectivity index (χ2v) is 14.0. The summed E-state index contributed by atoms with van der Waals surface area (Å²) in [6.07, 6.45) is 0. The van der Waals surface area contributed by atoms with Gasteiger partial charge in [-0.1, -0.05) is 97.1 Å². The fraction of sp³-hybridized carbons (Fsp3) is 0.211. The van der Waals surface area contributed by atoms with Gasteiger partial charge in [0, 0.05) is 21.2 Å². The summed E-state index contributed by atoms with van der Waals surface area (Å²) < 4.78 is 25.1. The molecule has 0 N–H and O–H groups in total. The van der Waals surface area contributed by atoms with E-state index in [1.807, 2.05) is 52.0 Å². The molecule has 0 aliphatic heterocycles. The van der Waals surface area contributed by atoms with Crippen molar-refractivity contribution in [1.82, 2.24) is 0 Å². The van der Waals surface area contributed by atoms with Crippen molar-refractivity contribution in [2.75, 3.05) is 26.4 Å². The van der Waals surface area contributed by atoms with Crippen LogP contribution in [0.25, 0.3) is 0 Å². The Morgan fingerprint density at radius 2 is 0.523 bits per heavy atom. The van der Waals surface area contributed by atoms with E-state index in [0.717, 1.165) is 44.2 Å². The van der Waals surface area contributed by atoms with Gasteiger partial charge in [0.25, 0.3) is 0 Å². The number of para-hydroxylation sites is 4. The second kappa shape index (κ2) is 15.8. The molecular formula is C38H40O4P2. The number of rotatable bonds is 14. The van der Waals surface area contributed by atoms with Crippen LogP contribution in [-0.2, 0) is 0 Å². The zero-order valence-corrected chi connectivity index (χ0v) is 27.7. The summed E-state index contributed by atoms with van der Waals surface area (Å²) in [7, 11) is -2.19. The Kier molecular flexibility index (Phi) is 11.3. The third-order valence-electron chi connectivity index (χ3n) is 6.99. The average Bonchev–Trinajstić information content (AvgIpc) is 3.06. The predicted octanol–water partition coefficient (Wildman–Crippen LogP) is 6.80. The van der Waals surface area contributed by atoms with Crippen molar-refractivity contribution in [3.63, 3.8) is 0 Å². The molecule has 0 atom stereocenters. The minimum atomic E-state index is -1.10. The molecule has 0 spiro atoms. The molecule has 5 aromatic rings. The minimum absolute atomic E-state index is 0.588. The van der Waals surface area contributed by atoms with Crippen LogP contribution in [-0.4, -0.2) is 26.4 Å². The van der Waals surface area contributed by atoms with Crippen LogP contribution < -0.4 is 50.8 Å². The van der Waals surface area contributed by atoms with E-state index in [1.54, 1.807) is 0 Å². The largest absolute Gasteiger partial charge is 0.493 e. The molecule has 44 heavy (non-hydrogen) atoms. The topological polar surface area (TPSA) is 36.9 Å². The van der Waals surface area contributed by atoms with Gasteiger partial charge in [0.15, 0.2) is 0 Å². The molecule has 0 saturated carbocycles. The quantitative estimate of drug-likeness (QED) is 0.128. The van der Waals surface area contributed by atoms with Gasteiger partial charge in [-0.3, -0.25) is 0 Å². The summed E-state index contributed by atoms with van der Waals surface area (Å²) in [5.41, 5.74) is 0. The third kappa shape index (κ3) is 6.94. The number of benzene rings is 5. The molecule has 6 heteroatoms. The van der Waals surface area contributed by atoms with Crippen molar-refractivity contribution in [2.45, 2.75) is 27.7 Å². The van der Waals surface area contributed by atoms with Gasteiger partial charge in [0.1, 0.15) is 23.0 Å². The smallest absolute Gasteiger partial charge is 0.127 e. The first-order chi connectivity index (χ1) is 21.7. The van der Waals surface area contributed by atoms with Gasteiger partial charge < -0.3 is 18.9 Å². The molecule has 226 valence electrons. The summed E-state index contributed by atoms with van der Waals surface area (Å²) in [5, 5.41) is 7.16. The fourth-order valence-electron chi connectivity index (χ4n) is 5.30. The molecule has 0 aliphatic rings. The van der Waals surface area contributed by atoms with E-state index in [1.165, 1.54) is 10.6 Å². The molecule has 0 aliphatic carbocycles. The molecule has 4 nitrogen and oxygen atoms in total. The van der Waals surface area contributed by atoms with Gasteiger partial charge >= 0.3 is 0 Å². The molecule has 0 saturated heterocycles. The molecule has 0 unspecified atom stereocenters. The molecule has 5 aromatic carbocycles. The van der Waals surface area contributed by atoms with E-state index in [4.69, 9.17) is 18.9 Å². The lowest BCUT2D eigenvalue weighted by Crippen LogP contribution is -2.36. The maximum atomic E-state index is 6.27. The highest BCUT2D eigenvalue weighted by atomic mass is 31.1. The maximum absolute atomic E-state index is 6.27. The van der Waals surface area contributed by atoms with Crippen LogP contribution >= 0.6 is 15.8 Å². The average molecular weight is 623 g/mol. The normalized spacial score (nSPS) is 11.0. The second-order valence-electron chi connectivity index (χ2n) is 9.76. The van der Waals surface area contributed by atoms with Crippen molar-refractivity contribution in [3.8, 4) is 23.0 Å². The zero-order valence-electron chi connectivity index (χ0n) is 25.9. The van der Waals surface area contributed by atoms with Crippen molar-refractivity contribution >= 4 is 47.7 Å². The monoisotopic (exact) mass is 622 g/mol. The first-order valence-corrected chi connectivity index (χ1v) is 18.0. The molecule has 0 heterocycles. The van der Waals surface area contributed by atoms with Gasteiger partial charge in [-0.2, -0.15) is 0 Å².